The summed E-state index contributed by atoms with van der Waals surface area (Å²) in [7, 11) is 3.05. The number of nitrogens with zero attached hydrogens (tertiary/aromatic N) is 1. The summed E-state index contributed by atoms with van der Waals surface area (Å²) >= 11 is 1.51. The fraction of sp³-hybridized carbons (Fsp3) is 0.250. The van der Waals surface area contributed by atoms with Gasteiger partial charge in [-0.25, -0.2) is 0 Å². The van der Waals surface area contributed by atoms with Crippen LogP contribution in [-0.4, -0.2) is 31.2 Å². The van der Waals surface area contributed by atoms with Gasteiger partial charge in [0.1, 0.15) is 5.92 Å². The molecule has 0 aliphatic carbocycles. The summed E-state index contributed by atoms with van der Waals surface area (Å²) in [6, 6.07) is 8.80. The summed E-state index contributed by atoms with van der Waals surface area (Å²) < 4.78 is 10.4. The maximum absolute atomic E-state index is 12.5. The molecule has 128 valence electrons. The summed E-state index contributed by atoms with van der Waals surface area (Å²) in [6.07, 6.45) is 0.354. The van der Waals surface area contributed by atoms with Crippen molar-refractivity contribution < 1.29 is 19.5 Å². The summed E-state index contributed by atoms with van der Waals surface area (Å²) in [5.74, 6) is -0.231. The number of nitrogens with two attached hydrogens (primary N) is 1. The van der Waals surface area contributed by atoms with E-state index in [2.05, 4.69) is 10.5 Å². The molecular weight excluding hydrogens is 330 g/mol. The highest BCUT2D eigenvalue weighted by molar-refractivity contribution is 7.09. The lowest BCUT2D eigenvalue weighted by atomic mass is 10.0. The number of methoxy groups -OCH3 is 2. The quantitative estimate of drug-likeness (QED) is 0.308. The van der Waals surface area contributed by atoms with Crippen LogP contribution in [0.5, 0.6) is 11.5 Å². The van der Waals surface area contributed by atoms with Gasteiger partial charge in [0.25, 0.3) is 0 Å². The van der Waals surface area contributed by atoms with E-state index in [1.54, 1.807) is 18.2 Å². The van der Waals surface area contributed by atoms with Gasteiger partial charge in [-0.05, 0) is 23.6 Å². The maximum atomic E-state index is 12.5. The normalized spacial score (nSPS) is 12.5. The standard InChI is InChI=1S/C16H19N3O4S/c1-22-13-6-5-10(8-14(13)23-2)18-16(20)12(15(17)19-21)9-11-4-3-7-24-11/h3-8,12,21H,9H2,1-2H3,(H2,17,19)(H,18,20). The fourth-order valence-corrected chi connectivity index (χ4v) is 2.93. The van der Waals surface area contributed by atoms with Gasteiger partial charge in [-0.2, -0.15) is 0 Å². The van der Waals surface area contributed by atoms with Crippen molar-refractivity contribution in [2.75, 3.05) is 19.5 Å². The third-order valence-corrected chi connectivity index (χ3v) is 4.32. The van der Waals surface area contributed by atoms with Crippen molar-refractivity contribution in [3.05, 3.63) is 40.6 Å². The monoisotopic (exact) mass is 349 g/mol. The first-order valence-corrected chi connectivity index (χ1v) is 7.99. The Morgan fingerprint density at radius 2 is 2.08 bits per heavy atom. The summed E-state index contributed by atoms with van der Waals surface area (Å²) in [4.78, 5) is 13.5. The van der Waals surface area contributed by atoms with Crippen molar-refractivity contribution in [3.63, 3.8) is 0 Å². The van der Waals surface area contributed by atoms with Crippen molar-refractivity contribution >= 4 is 28.8 Å². The number of carbonyl (C=O) groups excluding carboxylic acids is 1. The number of benzene rings is 1. The van der Waals surface area contributed by atoms with E-state index in [-0.39, 0.29) is 11.7 Å². The number of rotatable bonds is 7. The number of thiophene rings is 1. The minimum atomic E-state index is -0.776. The lowest BCUT2D eigenvalue weighted by molar-refractivity contribution is -0.118. The number of carbonyl (C=O) groups is 1. The number of amidine groups is 1. The molecule has 2 rings (SSSR count). The number of amides is 1. The van der Waals surface area contributed by atoms with Gasteiger partial charge in [0, 0.05) is 23.1 Å². The minimum absolute atomic E-state index is 0.138. The molecule has 2 aromatic rings. The van der Waals surface area contributed by atoms with Gasteiger partial charge < -0.3 is 25.7 Å². The fourth-order valence-electron chi connectivity index (χ4n) is 2.17. The molecule has 1 amide bonds. The number of oxime groups is 1. The lowest BCUT2D eigenvalue weighted by Crippen LogP contribution is -2.36. The molecule has 4 N–H and O–H groups in total. The SMILES string of the molecule is COc1ccc(NC(=O)C(Cc2cccs2)/C(N)=N/O)cc1OC. The molecule has 8 heteroatoms. The molecule has 1 unspecified atom stereocenters. The molecule has 0 aliphatic rings. The molecule has 0 fully saturated rings. The second-order valence-electron chi connectivity index (χ2n) is 4.92. The van der Waals surface area contributed by atoms with Gasteiger partial charge in [0.05, 0.1) is 14.2 Å². The molecule has 1 aromatic carbocycles. The Kier molecular flexibility index (Phi) is 6.02. The van der Waals surface area contributed by atoms with Crippen molar-refractivity contribution in [2.45, 2.75) is 6.42 Å². The topological polar surface area (TPSA) is 106 Å². The van der Waals surface area contributed by atoms with Crippen LogP contribution in [0.2, 0.25) is 0 Å². The van der Waals surface area contributed by atoms with Gasteiger partial charge in [-0.15, -0.1) is 11.3 Å². The second kappa shape index (κ2) is 8.21. The van der Waals surface area contributed by atoms with E-state index in [1.165, 1.54) is 25.6 Å². The Bertz CT molecular complexity index is 716. The number of anilines is 1. The van der Waals surface area contributed by atoms with Gasteiger partial charge in [0.2, 0.25) is 5.91 Å². The molecular formula is C16H19N3O4S. The van der Waals surface area contributed by atoms with Crippen LogP contribution in [0, 0.1) is 5.92 Å². The summed E-state index contributed by atoms with van der Waals surface area (Å²) in [6.45, 7) is 0. The minimum Gasteiger partial charge on any atom is -0.493 e. The third kappa shape index (κ3) is 4.17. The van der Waals surface area contributed by atoms with Crippen molar-refractivity contribution in [1.29, 1.82) is 0 Å². The van der Waals surface area contributed by atoms with Crippen LogP contribution in [0.25, 0.3) is 0 Å². The van der Waals surface area contributed by atoms with Crippen molar-refractivity contribution in [2.24, 2.45) is 16.8 Å². The van der Waals surface area contributed by atoms with Crippen molar-refractivity contribution in [3.8, 4) is 11.5 Å². The maximum Gasteiger partial charge on any atom is 0.235 e. The molecule has 0 radical (unpaired) electrons. The Morgan fingerprint density at radius 3 is 2.67 bits per heavy atom. The molecule has 1 aromatic heterocycles. The number of hydrogen-bond acceptors (Lipinski definition) is 6. The summed E-state index contributed by atoms with van der Waals surface area (Å²) in [5.41, 5.74) is 6.22. The Balaban J connectivity index is 2.18. The van der Waals surface area contributed by atoms with E-state index in [0.717, 1.165) is 4.88 Å². The van der Waals surface area contributed by atoms with E-state index in [1.807, 2.05) is 17.5 Å². The summed E-state index contributed by atoms with van der Waals surface area (Å²) in [5, 5.41) is 16.6. The first-order valence-electron chi connectivity index (χ1n) is 7.11. The zero-order valence-electron chi connectivity index (χ0n) is 13.4. The van der Waals surface area contributed by atoms with E-state index in [0.29, 0.717) is 23.6 Å². The number of ether oxygens (including phenoxy) is 2. The Labute approximate surface area is 143 Å². The van der Waals surface area contributed by atoms with Crippen LogP contribution in [0.15, 0.2) is 40.9 Å². The highest BCUT2D eigenvalue weighted by Crippen LogP contribution is 2.30. The zero-order chi connectivity index (χ0) is 17.5. The van der Waals surface area contributed by atoms with Gasteiger partial charge >= 0.3 is 0 Å². The molecule has 0 bridgehead atoms. The van der Waals surface area contributed by atoms with Gasteiger partial charge in [0.15, 0.2) is 17.3 Å². The first kappa shape index (κ1) is 17.6. The smallest absolute Gasteiger partial charge is 0.235 e. The average Bonchev–Trinajstić information content (AvgIpc) is 3.11. The van der Waals surface area contributed by atoms with E-state index >= 15 is 0 Å². The van der Waals surface area contributed by atoms with E-state index in [4.69, 9.17) is 20.4 Å². The zero-order valence-corrected chi connectivity index (χ0v) is 14.2. The molecule has 0 saturated heterocycles. The van der Waals surface area contributed by atoms with Crippen molar-refractivity contribution in [1.82, 2.24) is 0 Å². The first-order chi connectivity index (χ1) is 11.6. The Morgan fingerprint density at radius 1 is 1.33 bits per heavy atom. The van der Waals surface area contributed by atoms with Crippen LogP contribution in [-0.2, 0) is 11.2 Å². The average molecular weight is 349 g/mol. The lowest BCUT2D eigenvalue weighted by Gasteiger charge is -2.16. The van der Waals surface area contributed by atoms with Crippen LogP contribution in [0.4, 0.5) is 5.69 Å². The molecule has 24 heavy (non-hydrogen) atoms. The van der Waals surface area contributed by atoms with Crippen LogP contribution in [0.1, 0.15) is 4.88 Å². The number of hydrogen-bond donors (Lipinski definition) is 3. The van der Waals surface area contributed by atoms with Crippen LogP contribution in [0.3, 0.4) is 0 Å². The largest absolute Gasteiger partial charge is 0.493 e. The molecule has 1 heterocycles. The highest BCUT2D eigenvalue weighted by atomic mass is 32.1. The van der Waals surface area contributed by atoms with Crippen LogP contribution < -0.4 is 20.5 Å². The van der Waals surface area contributed by atoms with E-state index < -0.39 is 5.92 Å². The van der Waals surface area contributed by atoms with E-state index in [9.17, 15) is 4.79 Å². The third-order valence-electron chi connectivity index (χ3n) is 3.43. The molecule has 0 saturated carbocycles. The molecule has 0 aliphatic heterocycles. The molecule has 0 spiro atoms. The Hall–Kier alpha value is -2.74. The predicted octanol–water partition coefficient (Wildman–Crippen LogP) is 2.31. The van der Waals surface area contributed by atoms with Gasteiger partial charge in [-0.3, -0.25) is 4.79 Å². The molecule has 7 nitrogen and oxygen atoms in total. The second-order valence-corrected chi connectivity index (χ2v) is 5.95. The predicted molar refractivity (Wildman–Crippen MR) is 93.1 cm³/mol. The highest BCUT2D eigenvalue weighted by Gasteiger charge is 2.24. The molecule has 1 atom stereocenters. The number of nitrogens with one attached hydrogen (secondary N) is 1. The van der Waals surface area contributed by atoms with Gasteiger partial charge in [-0.1, -0.05) is 11.2 Å². The van der Waals surface area contributed by atoms with Crippen LogP contribution >= 0.6 is 11.3 Å².